The number of benzene rings is 1. The van der Waals surface area contributed by atoms with Gasteiger partial charge in [0.1, 0.15) is 0 Å². The molecule has 106 valence electrons. The molecular weight excluding hydrogens is 252 g/mol. The third-order valence-corrected chi connectivity index (χ3v) is 3.21. The maximum Gasteiger partial charge on any atom is 0.203 e. The van der Waals surface area contributed by atoms with Crippen LogP contribution in [-0.2, 0) is 10.3 Å². The number of hydrogen-bond acceptors (Lipinski definition) is 5. The second-order valence-corrected chi connectivity index (χ2v) is 5.16. The molecule has 20 heavy (non-hydrogen) atoms. The molecule has 1 aromatic carbocycles. The Labute approximate surface area is 119 Å². The summed E-state index contributed by atoms with van der Waals surface area (Å²) in [4.78, 5) is 0. The second-order valence-electron chi connectivity index (χ2n) is 5.16. The Bertz CT molecular complexity index is 525. The first-order valence-corrected chi connectivity index (χ1v) is 6.88. The van der Waals surface area contributed by atoms with Gasteiger partial charge in [-0.3, -0.25) is 0 Å². The van der Waals surface area contributed by atoms with E-state index in [4.69, 9.17) is 4.74 Å². The van der Waals surface area contributed by atoms with Crippen molar-refractivity contribution in [2.45, 2.75) is 39.2 Å². The van der Waals surface area contributed by atoms with E-state index in [1.165, 1.54) is 6.33 Å². The van der Waals surface area contributed by atoms with Crippen LogP contribution in [0.25, 0.3) is 11.4 Å². The van der Waals surface area contributed by atoms with Crippen LogP contribution in [-0.4, -0.2) is 27.0 Å². The number of nitrogens with zero attached hydrogens (tertiary/aromatic N) is 4. The van der Waals surface area contributed by atoms with E-state index in [2.05, 4.69) is 41.2 Å². The molecule has 0 saturated carbocycles. The molecule has 0 aliphatic heterocycles. The first-order valence-electron chi connectivity index (χ1n) is 6.88. The van der Waals surface area contributed by atoms with Crippen molar-refractivity contribution in [1.82, 2.24) is 20.4 Å². The van der Waals surface area contributed by atoms with Crippen LogP contribution in [0.3, 0.4) is 0 Å². The summed E-state index contributed by atoms with van der Waals surface area (Å²) in [5.74, 6) is 0.531. The average molecular weight is 272 g/mol. The Morgan fingerprint density at radius 2 is 1.70 bits per heavy atom. The molecule has 0 N–H and O–H groups in total. The van der Waals surface area contributed by atoms with Crippen LogP contribution in [0.15, 0.2) is 30.6 Å². The van der Waals surface area contributed by atoms with Crippen LogP contribution in [0, 0.1) is 0 Å². The summed E-state index contributed by atoms with van der Waals surface area (Å²) in [5.41, 5.74) is 1.75. The Kier molecular flexibility index (Phi) is 4.74. The average Bonchev–Trinajstić information content (AvgIpc) is 2.48. The highest BCUT2D eigenvalue weighted by Crippen LogP contribution is 2.26. The lowest BCUT2D eigenvalue weighted by molar-refractivity contribution is -0.0229. The summed E-state index contributed by atoms with van der Waals surface area (Å²) in [7, 11) is 0. The molecule has 0 unspecified atom stereocenters. The smallest absolute Gasteiger partial charge is 0.203 e. The molecular formula is C15H20N4O. The van der Waals surface area contributed by atoms with Crippen LogP contribution in [0.4, 0.5) is 0 Å². The third-order valence-electron chi connectivity index (χ3n) is 3.21. The minimum Gasteiger partial charge on any atom is -0.371 e. The van der Waals surface area contributed by atoms with E-state index in [9.17, 15) is 0 Å². The summed E-state index contributed by atoms with van der Waals surface area (Å²) in [5, 5.41) is 15.4. The molecule has 2 rings (SSSR count). The Balaban J connectivity index is 2.11. The van der Waals surface area contributed by atoms with E-state index in [-0.39, 0.29) is 5.60 Å². The molecule has 0 aliphatic carbocycles. The van der Waals surface area contributed by atoms with E-state index in [0.29, 0.717) is 5.82 Å². The van der Waals surface area contributed by atoms with E-state index in [1.807, 2.05) is 24.3 Å². The first kappa shape index (κ1) is 14.5. The number of ether oxygens (including phenoxy) is 1. The zero-order valence-electron chi connectivity index (χ0n) is 12.2. The number of unbranched alkanes of at least 4 members (excludes halogenated alkanes) is 1. The summed E-state index contributed by atoms with van der Waals surface area (Å²) >= 11 is 0. The van der Waals surface area contributed by atoms with Crippen LogP contribution < -0.4 is 0 Å². The molecule has 0 saturated heterocycles. The van der Waals surface area contributed by atoms with Crippen molar-refractivity contribution in [3.05, 3.63) is 36.2 Å². The van der Waals surface area contributed by atoms with Crippen molar-refractivity contribution < 1.29 is 4.74 Å². The van der Waals surface area contributed by atoms with Crippen molar-refractivity contribution >= 4 is 0 Å². The third kappa shape index (κ3) is 3.57. The van der Waals surface area contributed by atoms with Gasteiger partial charge < -0.3 is 4.74 Å². The Hall–Kier alpha value is -1.88. The van der Waals surface area contributed by atoms with Crippen molar-refractivity contribution in [2.75, 3.05) is 6.61 Å². The standard InChI is InChI=1S/C15H20N4O/c1-4-5-10-20-15(2,3)13-8-6-12(7-9-13)14-18-16-11-17-19-14/h6-9,11H,4-5,10H2,1-3H3. The molecule has 1 aromatic heterocycles. The topological polar surface area (TPSA) is 60.8 Å². The predicted octanol–water partition coefficient (Wildman–Crippen LogP) is 2.99. The van der Waals surface area contributed by atoms with Gasteiger partial charge >= 0.3 is 0 Å². The van der Waals surface area contributed by atoms with Crippen LogP contribution in [0.5, 0.6) is 0 Å². The zero-order chi connectivity index (χ0) is 14.4. The fraction of sp³-hybridized carbons (Fsp3) is 0.467. The molecule has 0 fully saturated rings. The lowest BCUT2D eigenvalue weighted by Crippen LogP contribution is -2.22. The minimum atomic E-state index is -0.290. The van der Waals surface area contributed by atoms with Crippen molar-refractivity contribution in [2.24, 2.45) is 0 Å². The first-order chi connectivity index (χ1) is 9.63. The summed E-state index contributed by atoms with van der Waals surface area (Å²) < 4.78 is 5.95. The van der Waals surface area contributed by atoms with Crippen molar-refractivity contribution in [1.29, 1.82) is 0 Å². The lowest BCUT2D eigenvalue weighted by Gasteiger charge is -2.26. The molecule has 1 heterocycles. The quantitative estimate of drug-likeness (QED) is 0.756. The van der Waals surface area contributed by atoms with Gasteiger partial charge in [0, 0.05) is 12.2 Å². The summed E-state index contributed by atoms with van der Waals surface area (Å²) in [6.45, 7) is 7.10. The molecule has 0 bridgehead atoms. The molecule has 0 spiro atoms. The van der Waals surface area contributed by atoms with Gasteiger partial charge in [-0.25, -0.2) is 0 Å². The lowest BCUT2D eigenvalue weighted by atomic mass is 9.96. The van der Waals surface area contributed by atoms with E-state index < -0.39 is 0 Å². The maximum atomic E-state index is 5.95. The molecule has 5 heteroatoms. The van der Waals surface area contributed by atoms with E-state index in [0.717, 1.165) is 30.6 Å². The van der Waals surface area contributed by atoms with Gasteiger partial charge in [-0.2, -0.15) is 0 Å². The van der Waals surface area contributed by atoms with Crippen LogP contribution >= 0.6 is 0 Å². The van der Waals surface area contributed by atoms with Gasteiger partial charge in [-0.05, 0) is 25.8 Å². The van der Waals surface area contributed by atoms with Crippen LogP contribution in [0.2, 0.25) is 0 Å². The van der Waals surface area contributed by atoms with Gasteiger partial charge in [0.2, 0.25) is 5.82 Å². The highest BCUT2D eigenvalue weighted by atomic mass is 16.5. The van der Waals surface area contributed by atoms with E-state index in [1.54, 1.807) is 0 Å². The summed E-state index contributed by atoms with van der Waals surface area (Å²) in [6.07, 6.45) is 3.54. The summed E-state index contributed by atoms with van der Waals surface area (Å²) in [6, 6.07) is 8.02. The molecule has 2 aromatic rings. The number of rotatable bonds is 6. The van der Waals surface area contributed by atoms with Gasteiger partial charge in [0.15, 0.2) is 6.33 Å². The van der Waals surface area contributed by atoms with Crippen molar-refractivity contribution in [3.8, 4) is 11.4 Å². The second kappa shape index (κ2) is 6.52. The monoisotopic (exact) mass is 272 g/mol. The molecule has 0 amide bonds. The van der Waals surface area contributed by atoms with E-state index >= 15 is 0 Å². The Morgan fingerprint density at radius 3 is 2.30 bits per heavy atom. The molecule has 0 atom stereocenters. The maximum absolute atomic E-state index is 5.95. The highest BCUT2D eigenvalue weighted by molar-refractivity contribution is 5.54. The van der Waals surface area contributed by atoms with Gasteiger partial charge in [-0.1, -0.05) is 37.6 Å². The fourth-order valence-corrected chi connectivity index (χ4v) is 1.90. The number of hydrogen-bond donors (Lipinski definition) is 0. The molecule has 0 radical (unpaired) electrons. The molecule has 5 nitrogen and oxygen atoms in total. The molecule has 0 aliphatic rings. The zero-order valence-corrected chi connectivity index (χ0v) is 12.2. The minimum absolute atomic E-state index is 0.290. The van der Waals surface area contributed by atoms with Gasteiger partial charge in [0.05, 0.1) is 5.60 Å². The number of aromatic nitrogens is 4. The van der Waals surface area contributed by atoms with Gasteiger partial charge in [0.25, 0.3) is 0 Å². The normalized spacial score (nSPS) is 11.6. The van der Waals surface area contributed by atoms with Crippen molar-refractivity contribution in [3.63, 3.8) is 0 Å². The van der Waals surface area contributed by atoms with Crippen LogP contribution in [0.1, 0.15) is 39.2 Å². The fourth-order valence-electron chi connectivity index (χ4n) is 1.90. The largest absolute Gasteiger partial charge is 0.371 e. The predicted molar refractivity (Wildman–Crippen MR) is 76.9 cm³/mol. The SMILES string of the molecule is CCCCOC(C)(C)c1ccc(-c2nncnn2)cc1. The van der Waals surface area contributed by atoms with Gasteiger partial charge in [-0.15, -0.1) is 20.4 Å². The Morgan fingerprint density at radius 1 is 1.05 bits per heavy atom. The highest BCUT2D eigenvalue weighted by Gasteiger charge is 2.20.